The molecule has 0 N–H and O–H groups in total. The molecule has 0 amide bonds. The van der Waals surface area contributed by atoms with E-state index < -0.39 is 0 Å². The van der Waals surface area contributed by atoms with Crippen LogP contribution < -0.4 is 4.74 Å². The first-order chi connectivity index (χ1) is 22.2. The minimum atomic E-state index is -0.264. The predicted octanol–water partition coefficient (Wildman–Crippen LogP) is 22.6. The standard InChI is InChI=1S/C11H14O2S2.3C4H10.2C3H8.7C2H6.8CH4/c1-3-11(12)13-9-7-5-6-8-10(9)15(14)4-2;3*1-4(2)3;2*1-3-2;7*1-2;;;;;;;;/h5-8H,3-4H2,1-2H3;3*4H,1-3H3;2*3H2,1-2H3;7*1-2H3;8*1H4. The molecule has 0 bridgehead atoms. The number of rotatable bonds is 4. The van der Waals surface area contributed by atoms with Gasteiger partial charge >= 0.3 is 5.97 Å². The van der Waals surface area contributed by atoms with Gasteiger partial charge in [-0.2, -0.15) is 0 Å². The van der Waals surface area contributed by atoms with Gasteiger partial charge in [-0.15, -0.1) is 0 Å². The summed E-state index contributed by atoms with van der Waals surface area (Å²) in [6, 6.07) is 7.49. The lowest BCUT2D eigenvalue weighted by Gasteiger charge is -2.09. The normalized spacial score (nSPS) is 6.69. The van der Waals surface area contributed by atoms with Gasteiger partial charge in [-0.25, -0.2) is 0 Å². The highest BCUT2D eigenvalue weighted by molar-refractivity contribution is 8.28. The maximum Gasteiger partial charge on any atom is 0.310 e. The van der Waals surface area contributed by atoms with Crippen molar-refractivity contribution < 1.29 is 9.53 Å². The molecule has 55 heavy (non-hydrogen) atoms. The summed E-state index contributed by atoms with van der Waals surface area (Å²) in [5.41, 5.74) is 0. The molecule has 1 atom stereocenters. The van der Waals surface area contributed by atoms with E-state index in [-0.39, 0.29) is 74.8 Å². The molecule has 0 radical (unpaired) electrons. The van der Waals surface area contributed by atoms with Crippen LogP contribution in [0, 0.1) is 17.8 Å². The fourth-order valence-electron chi connectivity index (χ4n) is 1.07. The first kappa shape index (κ1) is 131. The minimum Gasteiger partial charge on any atom is -0.425 e. The molecular formula is C51H134O2S2. The van der Waals surface area contributed by atoms with Gasteiger partial charge in [-0.1, -0.05) is 295 Å². The fraction of sp³-hybridized carbons (Fsp3) is 0.863. The second kappa shape index (κ2) is 170. The van der Waals surface area contributed by atoms with Gasteiger partial charge in [-0.3, -0.25) is 4.79 Å². The van der Waals surface area contributed by atoms with Crippen molar-refractivity contribution in [3.8, 4) is 5.75 Å². The SMILES string of the molecule is C.C.C.C.C.C.C.C.CC.CC.CC.CC.CC.CC.CC.CC(C)C.CC(C)C.CC(C)C.CCC.CCC.CCC(=O)Oc1ccccc1S(=S)CC. The third-order valence-corrected chi connectivity index (χ3v) is 4.47. The number of hydrogen-bond acceptors (Lipinski definition) is 3. The van der Waals surface area contributed by atoms with E-state index in [9.17, 15) is 4.79 Å². The highest BCUT2D eigenvalue weighted by Gasteiger charge is 2.08. The summed E-state index contributed by atoms with van der Waals surface area (Å²) in [5.74, 6) is 3.78. The second-order valence-corrected chi connectivity index (χ2v) is 12.4. The zero-order valence-electron chi connectivity index (χ0n) is 39.0. The van der Waals surface area contributed by atoms with E-state index in [1.165, 1.54) is 12.8 Å². The highest BCUT2D eigenvalue weighted by Crippen LogP contribution is 2.22. The van der Waals surface area contributed by atoms with Crippen molar-refractivity contribution in [3.05, 3.63) is 24.3 Å². The van der Waals surface area contributed by atoms with Gasteiger partial charge in [0.15, 0.2) is 0 Å². The van der Waals surface area contributed by atoms with E-state index in [2.05, 4.69) is 90.0 Å². The van der Waals surface area contributed by atoms with E-state index in [0.717, 1.165) is 28.4 Å². The Labute approximate surface area is 372 Å². The molecular weight excluding hydrogens is 709 g/mol. The van der Waals surface area contributed by atoms with Crippen molar-refractivity contribution >= 4 is 26.6 Å². The molecule has 0 aliphatic heterocycles. The first-order valence-corrected chi connectivity index (χ1v) is 22.2. The van der Waals surface area contributed by atoms with E-state index in [4.69, 9.17) is 15.9 Å². The van der Waals surface area contributed by atoms with Crippen molar-refractivity contribution in [2.75, 3.05) is 5.75 Å². The van der Waals surface area contributed by atoms with Gasteiger partial charge in [0.2, 0.25) is 0 Å². The van der Waals surface area contributed by atoms with Crippen LogP contribution in [0.15, 0.2) is 29.2 Å². The van der Waals surface area contributed by atoms with Gasteiger partial charge in [0.25, 0.3) is 0 Å². The number of hydrogen-bond donors (Lipinski definition) is 0. The van der Waals surface area contributed by atoms with Crippen LogP contribution in [0.2, 0.25) is 0 Å². The van der Waals surface area contributed by atoms with Crippen molar-refractivity contribution in [1.82, 2.24) is 0 Å². The van der Waals surface area contributed by atoms with Crippen LogP contribution in [-0.2, 0) is 25.4 Å². The lowest BCUT2D eigenvalue weighted by molar-refractivity contribution is -0.134. The third-order valence-electron chi connectivity index (χ3n) is 1.87. The topological polar surface area (TPSA) is 26.3 Å². The third kappa shape index (κ3) is 282. The van der Waals surface area contributed by atoms with Gasteiger partial charge < -0.3 is 4.74 Å². The van der Waals surface area contributed by atoms with E-state index in [0.29, 0.717) is 12.2 Å². The average molecular weight is 844 g/mol. The largest absolute Gasteiger partial charge is 0.425 e. The summed E-state index contributed by atoms with van der Waals surface area (Å²) < 4.78 is 5.22. The zero-order valence-corrected chi connectivity index (χ0v) is 40.6. The van der Waals surface area contributed by atoms with Gasteiger partial charge in [0, 0.05) is 6.42 Å². The van der Waals surface area contributed by atoms with Gasteiger partial charge in [0.05, 0.1) is 4.90 Å². The molecule has 1 rings (SSSR count). The zero-order chi connectivity index (χ0) is 41.4. The summed E-state index contributed by atoms with van der Waals surface area (Å²) >= 11 is 5.32. The molecule has 4 heteroatoms. The Balaban J connectivity index is -0.0000000148. The van der Waals surface area contributed by atoms with Crippen LogP contribution in [0.4, 0.5) is 0 Å². The van der Waals surface area contributed by atoms with Gasteiger partial charge in [0.1, 0.15) is 5.75 Å². The number of esters is 1. The fourth-order valence-corrected chi connectivity index (χ4v) is 2.36. The number of para-hydroxylation sites is 1. The Morgan fingerprint density at radius 2 is 0.673 bits per heavy atom. The Hall–Kier alpha value is -0.740. The van der Waals surface area contributed by atoms with Gasteiger partial charge in [-0.05, 0) is 46.8 Å². The summed E-state index contributed by atoms with van der Waals surface area (Å²) in [7, 11) is -0.264. The van der Waals surface area contributed by atoms with E-state index in [1.807, 2.05) is 122 Å². The van der Waals surface area contributed by atoms with E-state index >= 15 is 0 Å². The predicted molar refractivity (Wildman–Crippen MR) is 293 cm³/mol. The van der Waals surface area contributed by atoms with Crippen molar-refractivity contribution in [3.63, 3.8) is 0 Å². The monoisotopic (exact) mass is 843 g/mol. The Morgan fingerprint density at radius 3 is 0.836 bits per heavy atom. The molecule has 1 aromatic rings. The number of ether oxygens (including phenoxy) is 1. The summed E-state index contributed by atoms with van der Waals surface area (Å²) in [4.78, 5) is 12.1. The van der Waals surface area contributed by atoms with Crippen LogP contribution in [-0.4, -0.2) is 11.7 Å². The number of carbonyl (C=O) groups is 1. The van der Waals surface area contributed by atoms with Crippen LogP contribution in [0.3, 0.4) is 0 Å². The molecule has 2 nitrogen and oxygen atoms in total. The van der Waals surface area contributed by atoms with Crippen LogP contribution in [0.5, 0.6) is 5.75 Å². The quantitative estimate of drug-likeness (QED) is 0.223. The molecule has 0 aliphatic carbocycles. The Bertz CT molecular complexity index is 503. The van der Waals surface area contributed by atoms with Crippen LogP contribution in [0.25, 0.3) is 0 Å². The highest BCUT2D eigenvalue weighted by atomic mass is 32.8. The molecule has 0 saturated heterocycles. The van der Waals surface area contributed by atoms with Crippen LogP contribution >= 0.6 is 0 Å². The lowest BCUT2D eigenvalue weighted by atomic mass is 10.3. The van der Waals surface area contributed by atoms with Crippen molar-refractivity contribution in [2.45, 2.75) is 284 Å². The van der Waals surface area contributed by atoms with Crippen LogP contribution in [0.1, 0.15) is 279 Å². The number of carbonyl (C=O) groups excluding carboxylic acids is 1. The smallest absolute Gasteiger partial charge is 0.310 e. The van der Waals surface area contributed by atoms with Crippen molar-refractivity contribution in [1.29, 1.82) is 0 Å². The Morgan fingerprint density at radius 1 is 0.491 bits per heavy atom. The molecule has 0 aromatic heterocycles. The maximum absolute atomic E-state index is 11.2. The molecule has 1 aromatic carbocycles. The molecule has 0 aliphatic rings. The summed E-state index contributed by atoms with van der Waals surface area (Å²) in [5, 5.41) is 0. The molecule has 0 spiro atoms. The minimum absolute atomic E-state index is 0. The first-order valence-electron chi connectivity index (χ1n) is 19.9. The molecule has 0 heterocycles. The molecule has 0 saturated carbocycles. The molecule has 0 fully saturated rings. The average Bonchev–Trinajstić information content (AvgIpc) is 3.07. The van der Waals surface area contributed by atoms with Crippen molar-refractivity contribution in [2.24, 2.45) is 17.8 Å². The second-order valence-electron chi connectivity index (χ2n) is 9.52. The van der Waals surface area contributed by atoms with E-state index in [1.54, 1.807) is 13.0 Å². The lowest BCUT2D eigenvalue weighted by Crippen LogP contribution is -2.08. The molecule has 362 valence electrons. The summed E-state index contributed by atoms with van der Waals surface area (Å²) in [6.45, 7) is 59.8. The Kier molecular flexibility index (Phi) is 405. The number of benzene rings is 1. The molecule has 1 unspecified atom stereocenters. The summed E-state index contributed by atoms with van der Waals surface area (Å²) in [6.07, 6.45) is 2.88. The maximum atomic E-state index is 11.2.